The van der Waals surface area contributed by atoms with Crippen molar-refractivity contribution in [3.8, 4) is 5.75 Å². The summed E-state index contributed by atoms with van der Waals surface area (Å²) in [6.07, 6.45) is 5.41. The number of benzene rings is 2. The number of alkyl halides is 2. The second-order valence-corrected chi connectivity index (χ2v) is 16.8. The highest BCUT2D eigenvalue weighted by Gasteiger charge is 2.45. The third kappa shape index (κ3) is 8.48. The molecule has 3 fully saturated rings. The predicted octanol–water partition coefficient (Wildman–Crippen LogP) is 5.90. The van der Waals surface area contributed by atoms with Crippen LogP contribution in [0.25, 0.3) is 10.2 Å². The molecule has 5 amide bonds. The molecule has 4 aromatic rings. The first-order valence-corrected chi connectivity index (χ1v) is 20.9. The zero-order chi connectivity index (χ0) is 41.4. The number of nitrogens with one attached hydrogen (secondary N) is 3. The first-order valence-electron chi connectivity index (χ1n) is 20.1. The first kappa shape index (κ1) is 40.2. The molecular formula is C42H46F2N8O6S. The number of ether oxygens (including phenoxy) is 1. The normalized spacial score (nSPS) is 19.6. The molecule has 3 N–H and O–H groups in total. The second kappa shape index (κ2) is 16.6. The number of halogens is 2. The maximum Gasteiger partial charge on any atom is 0.287 e. The number of rotatable bonds is 12. The number of hydrogen-bond acceptors (Lipinski definition) is 12. The quantitative estimate of drug-likeness (QED) is 0.146. The summed E-state index contributed by atoms with van der Waals surface area (Å²) in [5.74, 6) is -4.29. The SMILES string of the molecule is COc1cc2nc(N3CCC(CN4CCC(CCNc5cccc6c5C(=O)N(C5CCC(=O)NC5=O)C6=O)CC4)CC3)sc2cc1NC(=O)c1cccc(C(C)(F)F)n1. The molecule has 59 heavy (non-hydrogen) atoms. The minimum Gasteiger partial charge on any atom is -0.494 e. The molecule has 310 valence electrons. The van der Waals surface area contributed by atoms with Crippen LogP contribution in [-0.4, -0.2) is 102 Å². The summed E-state index contributed by atoms with van der Waals surface area (Å²) in [6.45, 7) is 6.30. The first-order chi connectivity index (χ1) is 28.4. The Hall–Kier alpha value is -5.55. The number of carbonyl (C=O) groups excluding carboxylic acids is 5. The van der Waals surface area contributed by atoms with Gasteiger partial charge in [-0.1, -0.05) is 23.5 Å². The molecule has 1 unspecified atom stereocenters. The minimum absolute atomic E-state index is 0.0791. The molecule has 0 bridgehead atoms. The molecule has 3 saturated heterocycles. The number of likely N-dealkylation sites (tertiary alicyclic amines) is 1. The van der Waals surface area contributed by atoms with Crippen LogP contribution in [0.1, 0.15) is 88.8 Å². The number of fused-ring (bicyclic) bond motifs is 2. The van der Waals surface area contributed by atoms with Gasteiger partial charge in [0.1, 0.15) is 23.2 Å². The van der Waals surface area contributed by atoms with Gasteiger partial charge in [-0.2, -0.15) is 8.78 Å². The van der Waals surface area contributed by atoms with Crippen molar-refractivity contribution in [1.82, 2.24) is 25.1 Å². The molecule has 14 nitrogen and oxygen atoms in total. The zero-order valence-corrected chi connectivity index (χ0v) is 33.7. The van der Waals surface area contributed by atoms with Crippen molar-refractivity contribution in [2.24, 2.45) is 11.8 Å². The van der Waals surface area contributed by atoms with Crippen LogP contribution in [-0.2, 0) is 15.5 Å². The molecule has 4 aliphatic rings. The summed E-state index contributed by atoms with van der Waals surface area (Å²) >= 11 is 1.54. The lowest BCUT2D eigenvalue weighted by Crippen LogP contribution is -2.54. The Morgan fingerprint density at radius 1 is 0.932 bits per heavy atom. The molecule has 2 aromatic heterocycles. The number of thiazole rings is 1. The summed E-state index contributed by atoms with van der Waals surface area (Å²) in [4.78, 5) is 78.4. The zero-order valence-electron chi connectivity index (χ0n) is 32.9. The van der Waals surface area contributed by atoms with Gasteiger partial charge in [0.2, 0.25) is 11.8 Å². The maximum absolute atomic E-state index is 13.8. The summed E-state index contributed by atoms with van der Waals surface area (Å²) in [6, 6.07) is 11.7. The highest BCUT2D eigenvalue weighted by atomic mass is 32.1. The van der Waals surface area contributed by atoms with Crippen molar-refractivity contribution in [3.63, 3.8) is 0 Å². The van der Waals surface area contributed by atoms with Crippen molar-refractivity contribution < 1.29 is 37.5 Å². The molecule has 17 heteroatoms. The van der Waals surface area contributed by atoms with Crippen LogP contribution in [0.5, 0.6) is 5.75 Å². The molecule has 4 aliphatic heterocycles. The summed E-state index contributed by atoms with van der Waals surface area (Å²) in [5.41, 5.74) is 1.70. The van der Waals surface area contributed by atoms with E-state index in [1.54, 1.807) is 30.3 Å². The Morgan fingerprint density at radius 3 is 2.41 bits per heavy atom. The monoisotopic (exact) mass is 828 g/mol. The van der Waals surface area contributed by atoms with Gasteiger partial charge in [0.05, 0.1) is 34.1 Å². The number of methoxy groups -OCH3 is 1. The van der Waals surface area contributed by atoms with Crippen LogP contribution in [0.3, 0.4) is 0 Å². The number of imide groups is 2. The van der Waals surface area contributed by atoms with Crippen molar-refractivity contribution in [2.75, 3.05) is 61.9 Å². The van der Waals surface area contributed by atoms with Gasteiger partial charge in [0, 0.05) is 51.3 Å². The fourth-order valence-electron chi connectivity index (χ4n) is 8.54. The number of amides is 5. The summed E-state index contributed by atoms with van der Waals surface area (Å²) in [5, 5.41) is 9.31. The number of carbonyl (C=O) groups is 5. The molecule has 2 aromatic carbocycles. The third-order valence-corrected chi connectivity index (χ3v) is 12.9. The third-order valence-electron chi connectivity index (χ3n) is 11.8. The van der Waals surface area contributed by atoms with Crippen LogP contribution in [0.15, 0.2) is 48.5 Å². The molecule has 0 radical (unpaired) electrons. The highest BCUT2D eigenvalue weighted by molar-refractivity contribution is 7.22. The van der Waals surface area contributed by atoms with Gasteiger partial charge in [-0.25, -0.2) is 9.97 Å². The Kier molecular flexibility index (Phi) is 11.3. The fourth-order valence-corrected chi connectivity index (χ4v) is 9.58. The van der Waals surface area contributed by atoms with E-state index >= 15 is 0 Å². The van der Waals surface area contributed by atoms with Crippen LogP contribution in [0, 0.1) is 11.8 Å². The van der Waals surface area contributed by atoms with Gasteiger partial charge >= 0.3 is 0 Å². The molecule has 6 heterocycles. The highest BCUT2D eigenvalue weighted by Crippen LogP contribution is 2.38. The van der Waals surface area contributed by atoms with E-state index in [-0.39, 0.29) is 29.7 Å². The summed E-state index contributed by atoms with van der Waals surface area (Å²) in [7, 11) is 1.50. The summed E-state index contributed by atoms with van der Waals surface area (Å²) < 4.78 is 34.1. The average Bonchev–Trinajstić information content (AvgIpc) is 3.75. The van der Waals surface area contributed by atoms with E-state index in [1.165, 1.54) is 36.6 Å². The average molecular weight is 829 g/mol. The molecule has 8 rings (SSSR count). The largest absolute Gasteiger partial charge is 0.494 e. The van der Waals surface area contributed by atoms with E-state index in [0.717, 1.165) is 92.0 Å². The minimum atomic E-state index is -3.17. The lowest BCUT2D eigenvalue weighted by atomic mass is 9.91. The molecule has 0 spiro atoms. The maximum atomic E-state index is 13.8. The van der Waals surface area contributed by atoms with E-state index in [0.29, 0.717) is 35.5 Å². The predicted molar refractivity (Wildman–Crippen MR) is 218 cm³/mol. The van der Waals surface area contributed by atoms with Crippen LogP contribution < -0.4 is 25.6 Å². The van der Waals surface area contributed by atoms with Crippen LogP contribution in [0.2, 0.25) is 0 Å². The lowest BCUT2D eigenvalue weighted by molar-refractivity contribution is -0.136. The topological polar surface area (TPSA) is 166 Å². The van der Waals surface area contributed by atoms with Crippen LogP contribution >= 0.6 is 11.3 Å². The van der Waals surface area contributed by atoms with E-state index < -0.39 is 47.2 Å². The van der Waals surface area contributed by atoms with Gasteiger partial charge in [-0.15, -0.1) is 0 Å². The van der Waals surface area contributed by atoms with Crippen molar-refractivity contribution >= 4 is 67.6 Å². The van der Waals surface area contributed by atoms with Crippen molar-refractivity contribution in [2.45, 2.75) is 63.8 Å². The second-order valence-electron chi connectivity index (χ2n) is 15.8. The molecule has 1 atom stereocenters. The lowest BCUT2D eigenvalue weighted by Gasteiger charge is -2.37. The molecular weight excluding hydrogens is 783 g/mol. The van der Waals surface area contributed by atoms with Crippen molar-refractivity contribution in [1.29, 1.82) is 0 Å². The smallest absolute Gasteiger partial charge is 0.287 e. The number of piperidine rings is 3. The van der Waals surface area contributed by atoms with Gasteiger partial charge in [0.15, 0.2) is 5.13 Å². The van der Waals surface area contributed by atoms with Gasteiger partial charge < -0.3 is 25.2 Å². The van der Waals surface area contributed by atoms with Gasteiger partial charge in [-0.3, -0.25) is 34.2 Å². The van der Waals surface area contributed by atoms with E-state index in [4.69, 9.17) is 9.72 Å². The Bertz CT molecular complexity index is 2300. The number of anilines is 3. The van der Waals surface area contributed by atoms with Gasteiger partial charge in [-0.05, 0) is 93.8 Å². The number of nitrogens with zero attached hydrogens (tertiary/aromatic N) is 5. The molecule has 0 saturated carbocycles. The fraction of sp³-hybridized carbons (Fsp3) is 0.452. The van der Waals surface area contributed by atoms with E-state index in [2.05, 4.69) is 30.7 Å². The standard InChI is InChI=1S/C42H46F2N8O6S/c1-42(43,44)34-8-4-7-28(46-34)37(54)47-29-22-33-30(21-32(29)58-2)48-41(59-33)51-19-14-25(15-20-51)23-50-17-12-24(13-18-50)11-16-45-27-6-3-5-26-36(27)40(57)52(39(26)56)31-9-10-35(53)49-38(31)55/h3-8,21-22,24-25,31,45H,9-20,23H2,1-2H3,(H,47,54)(H,49,53,55). The van der Waals surface area contributed by atoms with Crippen molar-refractivity contribution in [3.05, 3.63) is 71.0 Å². The number of hydrogen-bond donors (Lipinski definition) is 3. The Labute approximate surface area is 343 Å². The van der Waals surface area contributed by atoms with Crippen LogP contribution in [0.4, 0.5) is 25.3 Å². The van der Waals surface area contributed by atoms with Gasteiger partial charge in [0.25, 0.3) is 23.6 Å². The molecule has 0 aliphatic carbocycles. The Balaban J connectivity index is 0.793. The van der Waals surface area contributed by atoms with E-state index in [1.807, 2.05) is 0 Å². The Morgan fingerprint density at radius 2 is 1.68 bits per heavy atom. The van der Waals surface area contributed by atoms with E-state index in [9.17, 15) is 32.8 Å². The number of pyridine rings is 1. The number of aromatic nitrogens is 2.